The van der Waals surface area contributed by atoms with Crippen molar-refractivity contribution in [3.8, 4) is 11.1 Å². The van der Waals surface area contributed by atoms with E-state index in [9.17, 15) is 36.2 Å². The standard InChI is InChI=1S/C27H25Cl2F6N3O2/c1-14(39)12-36-23-11-20(19-6-5-18(28)10-21(19)29)22(13-37-23)38(4)24(40)25(2,3)15-7-16(26(30,31)32)9-17(8-15)27(33,34)35/h5-11,13-14,39H,12H2,1-4H3,(H,36,37). The lowest BCUT2D eigenvalue weighted by molar-refractivity contribution is -0.143. The number of likely N-dealkylation sites (N-methyl/N-ethyl adjacent to an activating group) is 1. The minimum atomic E-state index is -5.07. The Bertz CT molecular complexity index is 1380. The van der Waals surface area contributed by atoms with Crippen LogP contribution in [0.5, 0.6) is 0 Å². The normalized spacial score (nSPS) is 13.2. The number of carbonyl (C=O) groups excluding carboxylic acids is 1. The summed E-state index contributed by atoms with van der Waals surface area (Å²) in [6.45, 7) is 4.19. The van der Waals surface area contributed by atoms with Gasteiger partial charge in [0, 0.05) is 34.8 Å². The number of rotatable bonds is 7. The highest BCUT2D eigenvalue weighted by Gasteiger charge is 2.41. The van der Waals surface area contributed by atoms with E-state index in [2.05, 4.69) is 10.3 Å². The van der Waals surface area contributed by atoms with Crippen molar-refractivity contribution in [3.63, 3.8) is 0 Å². The van der Waals surface area contributed by atoms with Crippen molar-refractivity contribution in [2.24, 2.45) is 0 Å². The monoisotopic (exact) mass is 607 g/mol. The zero-order valence-corrected chi connectivity index (χ0v) is 23.2. The molecular formula is C27H25Cl2F6N3O2. The van der Waals surface area contributed by atoms with Crippen molar-refractivity contribution in [1.29, 1.82) is 0 Å². The van der Waals surface area contributed by atoms with E-state index >= 15 is 0 Å². The molecule has 5 nitrogen and oxygen atoms in total. The number of aliphatic hydroxyl groups is 1. The van der Waals surface area contributed by atoms with Crippen molar-refractivity contribution >= 4 is 40.6 Å². The number of carbonyl (C=O) groups is 1. The molecule has 0 fully saturated rings. The minimum absolute atomic E-state index is 0.0112. The van der Waals surface area contributed by atoms with E-state index in [1.807, 2.05) is 0 Å². The first-order chi connectivity index (χ1) is 18.3. The topological polar surface area (TPSA) is 65.5 Å². The smallest absolute Gasteiger partial charge is 0.392 e. The number of anilines is 2. The van der Waals surface area contributed by atoms with E-state index in [1.54, 1.807) is 25.1 Å². The highest BCUT2D eigenvalue weighted by atomic mass is 35.5. The lowest BCUT2D eigenvalue weighted by atomic mass is 9.81. The molecule has 0 saturated carbocycles. The third kappa shape index (κ3) is 7.00. The maximum absolute atomic E-state index is 13.7. The van der Waals surface area contributed by atoms with Gasteiger partial charge >= 0.3 is 12.4 Å². The summed E-state index contributed by atoms with van der Waals surface area (Å²) in [6, 6.07) is 7.26. The van der Waals surface area contributed by atoms with E-state index in [0.29, 0.717) is 34.1 Å². The van der Waals surface area contributed by atoms with Gasteiger partial charge in [-0.2, -0.15) is 26.3 Å². The van der Waals surface area contributed by atoms with E-state index < -0.39 is 46.5 Å². The summed E-state index contributed by atoms with van der Waals surface area (Å²) in [5.41, 5.74) is -4.38. The second kappa shape index (κ2) is 11.5. The lowest BCUT2D eigenvalue weighted by Crippen LogP contribution is -2.42. The molecule has 1 heterocycles. The van der Waals surface area contributed by atoms with Crippen LogP contribution in [-0.4, -0.2) is 35.7 Å². The highest BCUT2D eigenvalue weighted by Crippen LogP contribution is 2.42. The van der Waals surface area contributed by atoms with Crippen molar-refractivity contribution in [2.45, 2.75) is 44.6 Å². The van der Waals surface area contributed by atoms with Crippen molar-refractivity contribution < 1.29 is 36.2 Å². The van der Waals surface area contributed by atoms with Crippen molar-refractivity contribution in [2.75, 3.05) is 23.8 Å². The molecule has 13 heteroatoms. The number of pyridine rings is 1. The van der Waals surface area contributed by atoms with Crippen LogP contribution in [0.25, 0.3) is 11.1 Å². The molecule has 2 N–H and O–H groups in total. The van der Waals surface area contributed by atoms with Crippen LogP contribution in [0.4, 0.5) is 37.8 Å². The fraction of sp³-hybridized carbons (Fsp3) is 0.333. The second-order valence-corrected chi connectivity index (χ2v) is 10.6. The molecule has 0 radical (unpaired) electrons. The van der Waals surface area contributed by atoms with Crippen LogP contribution in [0.3, 0.4) is 0 Å². The zero-order chi connectivity index (χ0) is 30.2. The minimum Gasteiger partial charge on any atom is -0.392 e. The predicted molar refractivity (Wildman–Crippen MR) is 143 cm³/mol. The molecule has 1 amide bonds. The molecule has 0 aliphatic rings. The number of halogens is 8. The Labute approximate surface area is 236 Å². The van der Waals surface area contributed by atoms with E-state index in [-0.39, 0.29) is 23.3 Å². The average Bonchev–Trinajstić information content (AvgIpc) is 2.85. The largest absolute Gasteiger partial charge is 0.416 e. The number of aliphatic hydroxyl groups excluding tert-OH is 1. The number of nitrogens with zero attached hydrogens (tertiary/aromatic N) is 2. The van der Waals surface area contributed by atoms with Gasteiger partial charge in [0.1, 0.15) is 5.82 Å². The summed E-state index contributed by atoms with van der Waals surface area (Å²) >= 11 is 12.5. The van der Waals surface area contributed by atoms with E-state index in [0.717, 1.165) is 4.90 Å². The first-order valence-corrected chi connectivity index (χ1v) is 12.5. The van der Waals surface area contributed by atoms with Crippen LogP contribution < -0.4 is 10.2 Å². The SMILES string of the molecule is CC(O)CNc1cc(-c2ccc(Cl)cc2Cl)c(N(C)C(=O)C(C)(C)c2cc(C(F)(F)F)cc(C(F)(F)F)c2)cn1. The fourth-order valence-electron chi connectivity index (χ4n) is 3.96. The molecule has 0 aliphatic carbocycles. The molecular weight excluding hydrogens is 583 g/mol. The molecule has 1 atom stereocenters. The Morgan fingerprint density at radius 1 is 0.950 bits per heavy atom. The first kappa shape index (κ1) is 31.5. The van der Waals surface area contributed by atoms with Crippen LogP contribution in [0, 0.1) is 0 Å². The third-order valence-electron chi connectivity index (χ3n) is 6.19. The molecule has 2 aromatic carbocycles. The van der Waals surface area contributed by atoms with E-state index in [1.165, 1.54) is 33.2 Å². The summed E-state index contributed by atoms with van der Waals surface area (Å²) in [5.74, 6) is -0.490. The van der Waals surface area contributed by atoms with Gasteiger partial charge in [0.15, 0.2) is 0 Å². The summed E-state index contributed by atoms with van der Waals surface area (Å²) in [6.07, 6.45) is -9.54. The van der Waals surface area contributed by atoms with Crippen LogP contribution in [0.15, 0.2) is 48.7 Å². The average molecular weight is 608 g/mol. The van der Waals surface area contributed by atoms with Crippen LogP contribution in [0.1, 0.15) is 37.5 Å². The Morgan fingerprint density at radius 2 is 1.50 bits per heavy atom. The van der Waals surface area contributed by atoms with Gasteiger partial charge in [-0.1, -0.05) is 29.3 Å². The molecule has 0 saturated heterocycles. The van der Waals surface area contributed by atoms with Gasteiger partial charge in [0.25, 0.3) is 0 Å². The third-order valence-corrected chi connectivity index (χ3v) is 6.74. The molecule has 1 aromatic heterocycles. The number of benzene rings is 2. The van der Waals surface area contributed by atoms with Gasteiger partial charge in [-0.3, -0.25) is 4.79 Å². The van der Waals surface area contributed by atoms with Gasteiger partial charge in [0.2, 0.25) is 5.91 Å². The highest BCUT2D eigenvalue weighted by molar-refractivity contribution is 6.36. The maximum atomic E-state index is 13.7. The molecule has 3 aromatic rings. The Kier molecular flexibility index (Phi) is 9.03. The summed E-state index contributed by atoms with van der Waals surface area (Å²) in [5, 5.41) is 13.1. The number of hydrogen-bond donors (Lipinski definition) is 2. The molecule has 3 rings (SSSR count). The number of alkyl halides is 6. The zero-order valence-electron chi connectivity index (χ0n) is 21.7. The van der Waals surface area contributed by atoms with Crippen LogP contribution in [0.2, 0.25) is 10.0 Å². The summed E-state index contributed by atoms with van der Waals surface area (Å²) < 4.78 is 81.0. The number of amides is 1. The van der Waals surface area contributed by atoms with Gasteiger partial charge in [-0.05, 0) is 62.7 Å². The first-order valence-electron chi connectivity index (χ1n) is 11.8. The molecule has 0 bridgehead atoms. The predicted octanol–water partition coefficient (Wildman–Crippen LogP) is 7.83. The summed E-state index contributed by atoms with van der Waals surface area (Å²) in [4.78, 5) is 19.1. The molecule has 216 valence electrons. The van der Waals surface area contributed by atoms with Crippen molar-refractivity contribution in [3.05, 3.63) is 75.4 Å². The Morgan fingerprint density at radius 3 is 2.00 bits per heavy atom. The van der Waals surface area contributed by atoms with Crippen molar-refractivity contribution in [1.82, 2.24) is 4.98 Å². The van der Waals surface area contributed by atoms with Gasteiger partial charge in [-0.15, -0.1) is 0 Å². The fourth-order valence-corrected chi connectivity index (χ4v) is 4.47. The number of hydrogen-bond acceptors (Lipinski definition) is 4. The Balaban J connectivity index is 2.14. The lowest BCUT2D eigenvalue weighted by Gasteiger charge is -2.32. The Hall–Kier alpha value is -3.02. The molecule has 0 aliphatic heterocycles. The van der Waals surface area contributed by atoms with Crippen LogP contribution >= 0.6 is 23.2 Å². The van der Waals surface area contributed by atoms with E-state index in [4.69, 9.17) is 23.2 Å². The van der Waals surface area contributed by atoms with Crippen LogP contribution in [-0.2, 0) is 22.6 Å². The van der Waals surface area contributed by atoms with Gasteiger partial charge in [-0.25, -0.2) is 4.98 Å². The molecule has 1 unspecified atom stereocenters. The summed E-state index contributed by atoms with van der Waals surface area (Å²) in [7, 11) is 1.33. The van der Waals surface area contributed by atoms with Gasteiger partial charge in [0.05, 0.1) is 34.5 Å². The van der Waals surface area contributed by atoms with Gasteiger partial charge < -0.3 is 15.3 Å². The number of nitrogens with one attached hydrogen (secondary N) is 1. The maximum Gasteiger partial charge on any atom is 0.416 e. The molecule has 40 heavy (non-hydrogen) atoms. The number of aromatic nitrogens is 1. The quantitative estimate of drug-likeness (QED) is 0.269. The second-order valence-electron chi connectivity index (χ2n) is 9.72. The molecule has 0 spiro atoms.